The number of aryl methyl sites for hydroxylation is 2. The van der Waals surface area contributed by atoms with Gasteiger partial charge in [-0.15, -0.1) is 0 Å². The molecule has 0 amide bonds. The zero-order chi connectivity index (χ0) is 43.0. The van der Waals surface area contributed by atoms with Gasteiger partial charge in [-0.1, -0.05) is 194 Å². The lowest BCUT2D eigenvalue weighted by molar-refractivity contribution is 0.674. The number of benzene rings is 9. The molecule has 1 unspecified atom stereocenters. The van der Waals surface area contributed by atoms with Crippen molar-refractivity contribution in [1.29, 1.82) is 0 Å². The molecular weight excluding hydrogens is 781 g/mol. The molecule has 1 N–H and O–H groups in total. The van der Waals surface area contributed by atoms with Crippen LogP contribution in [0.2, 0.25) is 0 Å². The smallest absolute Gasteiger partial charge is 0.164 e. The maximum absolute atomic E-state index is 5.29. The van der Waals surface area contributed by atoms with Crippen molar-refractivity contribution in [2.45, 2.75) is 20.0 Å². The van der Waals surface area contributed by atoms with Crippen LogP contribution in [-0.2, 0) is 0 Å². The van der Waals surface area contributed by atoms with Crippen LogP contribution in [0.4, 0.5) is 0 Å². The molecule has 10 aromatic rings. The second kappa shape index (κ2) is 16.5. The number of hydrogen-bond acceptors (Lipinski definition) is 6. The lowest BCUT2D eigenvalue weighted by Crippen LogP contribution is -2.33. The highest BCUT2D eigenvalue weighted by Crippen LogP contribution is 2.45. The van der Waals surface area contributed by atoms with E-state index in [9.17, 15) is 0 Å². The highest BCUT2D eigenvalue weighted by molar-refractivity contribution is 6.21. The summed E-state index contributed by atoms with van der Waals surface area (Å²) in [4.78, 5) is 25.7. The molecule has 0 aliphatic carbocycles. The first-order chi connectivity index (χ1) is 31.6. The third-order valence-corrected chi connectivity index (χ3v) is 12.1. The minimum Gasteiger partial charge on any atom is -0.344 e. The Hall–Kier alpha value is -8.35. The predicted molar refractivity (Wildman–Crippen MR) is 263 cm³/mol. The van der Waals surface area contributed by atoms with Crippen LogP contribution >= 0.6 is 0 Å². The van der Waals surface area contributed by atoms with E-state index in [0.717, 1.165) is 78.0 Å². The average molecular weight is 823 g/mol. The van der Waals surface area contributed by atoms with Gasteiger partial charge in [0, 0.05) is 27.8 Å². The Morgan fingerprint density at radius 2 is 0.844 bits per heavy atom. The summed E-state index contributed by atoms with van der Waals surface area (Å²) in [7, 11) is 0. The van der Waals surface area contributed by atoms with Gasteiger partial charge in [-0.05, 0) is 86.5 Å². The molecule has 0 spiro atoms. The van der Waals surface area contributed by atoms with E-state index < -0.39 is 0 Å². The van der Waals surface area contributed by atoms with Gasteiger partial charge in [0.25, 0.3) is 0 Å². The van der Waals surface area contributed by atoms with Crippen molar-refractivity contribution < 1.29 is 0 Å². The SMILES string of the molecule is Cc1ccccc1C1=NC(c2cccc(-c3c(-c4cccc(-c5nc(-c6ccccc6)nc(-c6ccccc6C)n5)c4)c4ccccc4c4ccccc34)c2)NC(c2ccccc2)=N1. The topological polar surface area (TPSA) is 75.4 Å². The van der Waals surface area contributed by atoms with Crippen molar-refractivity contribution in [2.75, 3.05) is 0 Å². The van der Waals surface area contributed by atoms with Crippen LogP contribution in [0.3, 0.4) is 0 Å². The second-order valence-corrected chi connectivity index (χ2v) is 16.2. The van der Waals surface area contributed by atoms with Crippen LogP contribution in [0.15, 0.2) is 216 Å². The van der Waals surface area contributed by atoms with E-state index in [-0.39, 0.29) is 6.17 Å². The van der Waals surface area contributed by atoms with Gasteiger partial charge in [0.2, 0.25) is 0 Å². The zero-order valence-electron chi connectivity index (χ0n) is 35.4. The van der Waals surface area contributed by atoms with Crippen LogP contribution < -0.4 is 5.32 Å². The van der Waals surface area contributed by atoms with Gasteiger partial charge in [0.05, 0.1) is 0 Å². The largest absolute Gasteiger partial charge is 0.344 e. The first-order valence-corrected chi connectivity index (χ1v) is 21.6. The van der Waals surface area contributed by atoms with Crippen LogP contribution in [0.1, 0.15) is 34.0 Å². The summed E-state index contributed by atoms with van der Waals surface area (Å²) in [5.74, 6) is 3.39. The molecule has 0 saturated carbocycles. The highest BCUT2D eigenvalue weighted by Gasteiger charge is 2.24. The van der Waals surface area contributed by atoms with Crippen molar-refractivity contribution in [2.24, 2.45) is 9.98 Å². The van der Waals surface area contributed by atoms with Gasteiger partial charge in [-0.25, -0.2) is 24.9 Å². The van der Waals surface area contributed by atoms with Gasteiger partial charge in [0.15, 0.2) is 23.3 Å². The van der Waals surface area contributed by atoms with E-state index in [2.05, 4.69) is 159 Å². The molecule has 2 heterocycles. The Labute approximate surface area is 372 Å². The average Bonchev–Trinajstić information content (AvgIpc) is 3.36. The summed E-state index contributed by atoms with van der Waals surface area (Å²) < 4.78 is 0. The summed E-state index contributed by atoms with van der Waals surface area (Å²) in [5, 5.41) is 8.42. The first kappa shape index (κ1) is 38.6. The third-order valence-electron chi connectivity index (χ3n) is 12.1. The molecule has 304 valence electrons. The molecule has 6 nitrogen and oxygen atoms in total. The minimum absolute atomic E-state index is 0.383. The summed E-state index contributed by atoms with van der Waals surface area (Å²) in [6.45, 7) is 4.21. The van der Waals surface area contributed by atoms with Gasteiger partial charge in [-0.2, -0.15) is 0 Å². The van der Waals surface area contributed by atoms with E-state index >= 15 is 0 Å². The Bertz CT molecular complexity index is 3450. The number of aliphatic imine (C=N–C) groups is 2. The van der Waals surface area contributed by atoms with E-state index in [1.807, 2.05) is 66.7 Å². The van der Waals surface area contributed by atoms with Gasteiger partial charge < -0.3 is 5.32 Å². The predicted octanol–water partition coefficient (Wildman–Crippen LogP) is 13.6. The molecule has 9 aromatic carbocycles. The lowest BCUT2D eigenvalue weighted by Gasteiger charge is -2.25. The fraction of sp³-hybridized carbons (Fsp3) is 0.0517. The van der Waals surface area contributed by atoms with E-state index in [0.29, 0.717) is 23.3 Å². The van der Waals surface area contributed by atoms with Gasteiger partial charge >= 0.3 is 0 Å². The molecule has 6 heteroatoms. The molecule has 1 aliphatic heterocycles. The Morgan fingerprint density at radius 1 is 0.375 bits per heavy atom. The number of nitrogens with one attached hydrogen (secondary N) is 1. The zero-order valence-corrected chi connectivity index (χ0v) is 35.4. The maximum Gasteiger partial charge on any atom is 0.164 e. The normalized spacial score (nSPS) is 13.6. The summed E-state index contributed by atoms with van der Waals surface area (Å²) in [5.41, 5.74) is 12.5. The molecule has 1 atom stereocenters. The first-order valence-electron chi connectivity index (χ1n) is 21.6. The standard InChI is InChI=1S/C58H42N6/c1-37-19-9-11-29-45(37)57-61-53(39-21-5-3-6-22-39)59-55(63-57)43-27-17-25-41(35-43)51-49-33-15-13-31-47(49)48-32-14-16-34-50(48)52(51)42-26-18-28-44(36-42)56-60-54(40-23-7-4-8-24-40)62-58(64-56)46-30-12-10-20-38(46)2/h3-36,55H,1-2H3,(H,59,61,63). The molecule has 1 aromatic heterocycles. The molecule has 64 heavy (non-hydrogen) atoms. The Balaban J connectivity index is 1.10. The summed E-state index contributed by atoms with van der Waals surface area (Å²) in [6, 6.07) is 72.0. The van der Waals surface area contributed by atoms with E-state index in [4.69, 9.17) is 24.9 Å². The van der Waals surface area contributed by atoms with E-state index in [1.54, 1.807) is 0 Å². The van der Waals surface area contributed by atoms with Gasteiger partial charge in [0.1, 0.15) is 12.0 Å². The fourth-order valence-corrected chi connectivity index (χ4v) is 8.89. The Kier molecular flexibility index (Phi) is 9.94. The third kappa shape index (κ3) is 7.21. The number of amidine groups is 2. The number of nitrogens with zero attached hydrogens (tertiary/aromatic N) is 5. The van der Waals surface area contributed by atoms with Crippen molar-refractivity contribution >= 4 is 33.2 Å². The number of hydrogen-bond donors (Lipinski definition) is 1. The molecule has 0 bridgehead atoms. The fourth-order valence-electron chi connectivity index (χ4n) is 8.89. The van der Waals surface area contributed by atoms with Crippen LogP contribution in [0.25, 0.3) is 78.0 Å². The van der Waals surface area contributed by atoms with Crippen LogP contribution in [-0.4, -0.2) is 26.6 Å². The number of rotatable bonds is 8. The summed E-state index contributed by atoms with van der Waals surface area (Å²) in [6.07, 6.45) is -0.383. The van der Waals surface area contributed by atoms with Crippen molar-refractivity contribution in [3.05, 3.63) is 234 Å². The lowest BCUT2D eigenvalue weighted by atomic mass is 9.84. The molecule has 0 saturated heterocycles. The monoisotopic (exact) mass is 822 g/mol. The molecule has 0 fully saturated rings. The maximum atomic E-state index is 5.29. The minimum atomic E-state index is -0.383. The highest BCUT2D eigenvalue weighted by atomic mass is 15.2. The number of fused-ring (bicyclic) bond motifs is 3. The molecule has 11 rings (SSSR count). The van der Waals surface area contributed by atoms with Crippen molar-refractivity contribution in [3.8, 4) is 56.4 Å². The van der Waals surface area contributed by atoms with Crippen molar-refractivity contribution in [1.82, 2.24) is 20.3 Å². The molecule has 0 radical (unpaired) electrons. The second-order valence-electron chi connectivity index (χ2n) is 16.2. The van der Waals surface area contributed by atoms with Crippen molar-refractivity contribution in [3.63, 3.8) is 0 Å². The Morgan fingerprint density at radius 3 is 1.48 bits per heavy atom. The van der Waals surface area contributed by atoms with Gasteiger partial charge in [-0.3, -0.25) is 0 Å². The van der Waals surface area contributed by atoms with Crippen LogP contribution in [0, 0.1) is 13.8 Å². The number of aromatic nitrogens is 3. The quantitative estimate of drug-likeness (QED) is 0.155. The van der Waals surface area contributed by atoms with Crippen LogP contribution in [0.5, 0.6) is 0 Å². The van der Waals surface area contributed by atoms with E-state index in [1.165, 1.54) is 16.2 Å². The molecule has 1 aliphatic rings. The molecular formula is C58H42N6. The summed E-state index contributed by atoms with van der Waals surface area (Å²) >= 11 is 0.